The number of hydrogen-bond acceptors (Lipinski definition) is 2. The Morgan fingerprint density at radius 2 is 0.842 bits per heavy atom. The molecular weight excluding hydrogens is 560 g/mol. The van der Waals surface area contributed by atoms with Crippen LogP contribution in [0.2, 0.25) is 0 Å². The van der Waals surface area contributed by atoms with Gasteiger partial charge in [0.15, 0.2) is 0 Å². The maximum absolute atomic E-state index is 14.6. The van der Waals surface area contributed by atoms with E-state index < -0.39 is 36.7 Å². The third kappa shape index (κ3) is 5.98. The molecule has 0 radical (unpaired) electrons. The van der Waals surface area contributed by atoms with Gasteiger partial charge in [-0.2, -0.15) is 26.3 Å². The largest absolute Gasteiger partial charge is 0.416 e. The molecule has 198 valence electrons. The number of benzene rings is 4. The van der Waals surface area contributed by atoms with Crippen LogP contribution in [0.4, 0.5) is 26.3 Å². The smallest absolute Gasteiger partial charge is 0.314 e. The van der Waals surface area contributed by atoms with E-state index in [2.05, 4.69) is 0 Å². The summed E-state index contributed by atoms with van der Waals surface area (Å²) in [5.41, 5.74) is -1.70. The summed E-state index contributed by atoms with van der Waals surface area (Å²) in [4.78, 5) is 0. The van der Waals surface area contributed by atoms with Gasteiger partial charge in [-0.05, 0) is 41.0 Å². The zero-order valence-corrected chi connectivity index (χ0v) is 22.4. The lowest BCUT2D eigenvalue weighted by Crippen LogP contribution is -2.25. The number of rotatable bonds is 7. The standard InChI is InChI=1S/C28H22F6OP2S/c29-27(30,31)21-11-15-25(16-12-21)37(38,26-17-13-22(14-18-26)28(32,33)34)20-19-36(35,23-7-3-1-4-8-23)24-9-5-2-6-10-24/h1-18H,19-20H2. The fourth-order valence-corrected chi connectivity index (χ4v) is 12.1. The van der Waals surface area contributed by atoms with Crippen LogP contribution in [0.1, 0.15) is 11.1 Å². The molecule has 10 heteroatoms. The highest BCUT2D eigenvalue weighted by Crippen LogP contribution is 2.51. The predicted molar refractivity (Wildman–Crippen MR) is 146 cm³/mol. The van der Waals surface area contributed by atoms with Gasteiger partial charge in [-0.15, -0.1) is 0 Å². The van der Waals surface area contributed by atoms with Gasteiger partial charge in [0.2, 0.25) is 0 Å². The van der Waals surface area contributed by atoms with Crippen molar-refractivity contribution in [1.82, 2.24) is 0 Å². The molecule has 0 N–H and O–H groups in total. The van der Waals surface area contributed by atoms with Gasteiger partial charge in [0.05, 0.1) is 11.1 Å². The van der Waals surface area contributed by atoms with Crippen LogP contribution in [0.3, 0.4) is 0 Å². The Hall–Kier alpha value is -2.66. The molecular formula is C28H22F6OP2S. The van der Waals surface area contributed by atoms with E-state index >= 15 is 0 Å². The van der Waals surface area contributed by atoms with E-state index in [0.717, 1.165) is 24.3 Å². The Kier molecular flexibility index (Phi) is 8.09. The maximum Gasteiger partial charge on any atom is 0.416 e. The summed E-state index contributed by atoms with van der Waals surface area (Å²) < 4.78 is 93.9. The van der Waals surface area contributed by atoms with Crippen molar-refractivity contribution in [2.24, 2.45) is 0 Å². The molecule has 0 aliphatic heterocycles. The summed E-state index contributed by atoms with van der Waals surface area (Å²) in [7, 11) is -3.23. The van der Waals surface area contributed by atoms with Crippen LogP contribution in [0.25, 0.3) is 0 Å². The fourth-order valence-electron chi connectivity index (χ4n) is 4.22. The van der Waals surface area contributed by atoms with E-state index in [1.165, 1.54) is 24.3 Å². The summed E-state index contributed by atoms with van der Waals surface area (Å²) in [5.74, 6) is 0. The molecule has 0 saturated carbocycles. The van der Waals surface area contributed by atoms with Crippen LogP contribution < -0.4 is 21.2 Å². The van der Waals surface area contributed by atoms with Gasteiger partial charge in [-0.3, -0.25) is 0 Å². The molecule has 0 heterocycles. The zero-order valence-electron chi connectivity index (χ0n) is 19.8. The van der Waals surface area contributed by atoms with Crippen molar-refractivity contribution in [1.29, 1.82) is 0 Å². The topological polar surface area (TPSA) is 17.1 Å². The van der Waals surface area contributed by atoms with E-state index in [-0.39, 0.29) is 12.3 Å². The molecule has 0 fully saturated rings. The van der Waals surface area contributed by atoms with Gasteiger partial charge >= 0.3 is 12.4 Å². The van der Waals surface area contributed by atoms with Crippen LogP contribution >= 0.6 is 13.2 Å². The average Bonchev–Trinajstić information content (AvgIpc) is 2.92. The van der Waals surface area contributed by atoms with E-state index in [0.29, 0.717) is 21.2 Å². The molecule has 0 aromatic heterocycles. The molecule has 0 spiro atoms. The quantitative estimate of drug-likeness (QED) is 0.170. The Morgan fingerprint density at radius 3 is 1.16 bits per heavy atom. The van der Waals surface area contributed by atoms with Crippen molar-refractivity contribution in [3.63, 3.8) is 0 Å². The van der Waals surface area contributed by atoms with E-state index in [1.807, 2.05) is 0 Å². The minimum absolute atomic E-state index is 0.0976. The third-order valence-electron chi connectivity index (χ3n) is 6.30. The summed E-state index contributed by atoms with van der Waals surface area (Å²) in [5, 5.41) is 2.03. The second kappa shape index (κ2) is 10.8. The monoisotopic (exact) mass is 582 g/mol. The molecule has 0 unspecified atom stereocenters. The fraction of sp³-hybridized carbons (Fsp3) is 0.143. The highest BCUT2D eigenvalue weighted by molar-refractivity contribution is 8.22. The van der Waals surface area contributed by atoms with Crippen LogP contribution in [0.15, 0.2) is 109 Å². The van der Waals surface area contributed by atoms with E-state index in [9.17, 15) is 30.9 Å². The highest BCUT2D eigenvalue weighted by atomic mass is 32.4. The van der Waals surface area contributed by atoms with Crippen molar-refractivity contribution >= 4 is 46.2 Å². The summed E-state index contributed by atoms with van der Waals surface area (Å²) in [6.07, 6.45) is -8.86. The lowest BCUT2D eigenvalue weighted by Gasteiger charge is -2.27. The lowest BCUT2D eigenvalue weighted by atomic mass is 10.2. The summed E-state index contributed by atoms with van der Waals surface area (Å²) in [6, 6.07) is 23.6. The van der Waals surface area contributed by atoms with Gasteiger partial charge in [-0.1, -0.05) is 96.7 Å². The molecule has 0 bridgehead atoms. The van der Waals surface area contributed by atoms with Crippen LogP contribution in [0, 0.1) is 0 Å². The zero-order chi connectivity index (χ0) is 27.6. The minimum atomic E-state index is -4.55. The van der Waals surface area contributed by atoms with Gasteiger partial charge in [0, 0.05) is 22.8 Å². The normalized spacial score (nSPS) is 12.9. The van der Waals surface area contributed by atoms with Crippen LogP contribution in [0.5, 0.6) is 0 Å². The second-order valence-electron chi connectivity index (χ2n) is 8.69. The molecule has 0 aliphatic carbocycles. The molecule has 4 rings (SSSR count). The molecule has 0 aliphatic rings. The minimum Gasteiger partial charge on any atom is -0.314 e. The van der Waals surface area contributed by atoms with Crippen LogP contribution in [-0.2, 0) is 28.7 Å². The number of hydrogen-bond donors (Lipinski definition) is 0. The first kappa shape index (κ1) is 28.4. The summed E-state index contributed by atoms with van der Waals surface area (Å²) >= 11 is 6.10. The maximum atomic E-state index is 14.6. The first-order chi connectivity index (χ1) is 17.8. The Labute approximate surface area is 221 Å². The van der Waals surface area contributed by atoms with Crippen molar-refractivity contribution in [2.75, 3.05) is 12.3 Å². The molecule has 0 saturated heterocycles. The Bertz CT molecular complexity index is 1360. The molecule has 0 amide bonds. The Balaban J connectivity index is 1.81. The number of halogens is 6. The SMILES string of the molecule is O=P(CCP(=S)(c1ccc(C(F)(F)F)cc1)c1ccc(C(F)(F)F)cc1)(c1ccccc1)c1ccccc1. The van der Waals surface area contributed by atoms with Crippen molar-refractivity contribution in [3.8, 4) is 0 Å². The van der Waals surface area contributed by atoms with Crippen LogP contribution in [-0.4, -0.2) is 12.3 Å². The molecule has 0 atom stereocenters. The predicted octanol–water partition coefficient (Wildman–Crippen LogP) is 7.17. The van der Waals surface area contributed by atoms with Crippen molar-refractivity contribution < 1.29 is 30.9 Å². The van der Waals surface area contributed by atoms with E-state index in [1.54, 1.807) is 60.7 Å². The highest BCUT2D eigenvalue weighted by Gasteiger charge is 2.35. The van der Waals surface area contributed by atoms with Crippen molar-refractivity contribution in [3.05, 3.63) is 120 Å². The first-order valence-corrected chi connectivity index (χ1v) is 16.4. The van der Waals surface area contributed by atoms with E-state index in [4.69, 9.17) is 11.8 Å². The average molecular weight is 582 g/mol. The van der Waals surface area contributed by atoms with Gasteiger partial charge < -0.3 is 4.57 Å². The van der Waals surface area contributed by atoms with Gasteiger partial charge in [-0.25, -0.2) is 0 Å². The van der Waals surface area contributed by atoms with Gasteiger partial charge in [0.1, 0.15) is 7.14 Å². The lowest BCUT2D eigenvalue weighted by molar-refractivity contribution is -0.138. The number of alkyl halides is 6. The molecule has 4 aromatic rings. The third-order valence-corrected chi connectivity index (χ3v) is 14.7. The molecule has 4 aromatic carbocycles. The Morgan fingerprint density at radius 1 is 0.500 bits per heavy atom. The first-order valence-electron chi connectivity index (χ1n) is 11.5. The van der Waals surface area contributed by atoms with Crippen molar-refractivity contribution in [2.45, 2.75) is 12.4 Å². The summed E-state index contributed by atoms with van der Waals surface area (Å²) in [6.45, 7) is 0. The second-order valence-corrected chi connectivity index (χ2v) is 16.5. The van der Waals surface area contributed by atoms with Gasteiger partial charge in [0.25, 0.3) is 0 Å². The molecule has 1 nitrogen and oxygen atoms in total. The molecule has 38 heavy (non-hydrogen) atoms.